The van der Waals surface area contributed by atoms with Gasteiger partial charge < -0.3 is 5.11 Å². The maximum atomic E-state index is 10.5. The molecule has 0 aromatic rings. The van der Waals surface area contributed by atoms with E-state index in [1.165, 1.54) is 12.4 Å². The molecule has 0 aromatic heterocycles. The fraction of sp³-hybridized carbons (Fsp3) is 0.800. The van der Waals surface area contributed by atoms with Gasteiger partial charge in [0.25, 0.3) is 5.91 Å². The third kappa shape index (κ3) is 1.99. The summed E-state index contributed by atoms with van der Waals surface area (Å²) in [4.78, 5) is 10.5. The van der Waals surface area contributed by atoms with Gasteiger partial charge in [-0.3, -0.25) is 10.0 Å². The fourth-order valence-corrected chi connectivity index (χ4v) is 0.281. The molecule has 0 bridgehead atoms. The SMILES string of the molecule is CCC(C)(O)C(=O)NO. The van der Waals surface area contributed by atoms with Gasteiger partial charge in [-0.15, -0.1) is 0 Å². The van der Waals surface area contributed by atoms with E-state index in [1.807, 2.05) is 0 Å². The average molecular weight is 133 g/mol. The van der Waals surface area contributed by atoms with Crippen LogP contribution in [0.25, 0.3) is 0 Å². The molecule has 0 aliphatic rings. The molecule has 0 radical (unpaired) electrons. The van der Waals surface area contributed by atoms with E-state index in [4.69, 9.17) is 10.3 Å². The molecule has 0 rings (SSSR count). The highest BCUT2D eigenvalue weighted by atomic mass is 16.5. The zero-order valence-electron chi connectivity index (χ0n) is 5.51. The monoisotopic (exact) mass is 133 g/mol. The Kier molecular flexibility index (Phi) is 2.61. The summed E-state index contributed by atoms with van der Waals surface area (Å²) in [5, 5.41) is 17.1. The molecule has 0 aliphatic carbocycles. The van der Waals surface area contributed by atoms with Crippen molar-refractivity contribution < 1.29 is 15.1 Å². The Morgan fingerprint density at radius 1 is 1.78 bits per heavy atom. The van der Waals surface area contributed by atoms with Crippen molar-refractivity contribution in [2.24, 2.45) is 0 Å². The predicted octanol–water partition coefficient (Wildman–Crippen LogP) is -0.347. The molecule has 0 aromatic carbocycles. The normalized spacial score (nSPS) is 16.4. The third-order valence-electron chi connectivity index (χ3n) is 1.28. The fourth-order valence-electron chi connectivity index (χ4n) is 0.281. The summed E-state index contributed by atoms with van der Waals surface area (Å²) in [5.74, 6) is -0.773. The van der Waals surface area contributed by atoms with Crippen molar-refractivity contribution in [1.29, 1.82) is 0 Å². The lowest BCUT2D eigenvalue weighted by Gasteiger charge is -2.17. The maximum Gasteiger partial charge on any atom is 0.274 e. The number of rotatable bonds is 2. The highest BCUT2D eigenvalue weighted by Gasteiger charge is 2.26. The largest absolute Gasteiger partial charge is 0.380 e. The molecule has 0 spiro atoms. The maximum absolute atomic E-state index is 10.5. The molecular weight excluding hydrogens is 122 g/mol. The molecule has 0 fully saturated rings. The van der Waals surface area contributed by atoms with E-state index < -0.39 is 11.5 Å². The van der Waals surface area contributed by atoms with E-state index in [9.17, 15) is 4.79 Å². The van der Waals surface area contributed by atoms with Crippen molar-refractivity contribution >= 4 is 5.91 Å². The summed E-state index contributed by atoms with van der Waals surface area (Å²) < 4.78 is 0. The number of hydrogen-bond acceptors (Lipinski definition) is 3. The highest BCUT2D eigenvalue weighted by Crippen LogP contribution is 2.06. The molecule has 3 N–H and O–H groups in total. The summed E-state index contributed by atoms with van der Waals surface area (Å²) in [6.07, 6.45) is 0.277. The molecule has 1 unspecified atom stereocenters. The van der Waals surface area contributed by atoms with Crippen LogP contribution in [0, 0.1) is 0 Å². The van der Waals surface area contributed by atoms with Crippen molar-refractivity contribution in [3.05, 3.63) is 0 Å². The van der Waals surface area contributed by atoms with Crippen molar-refractivity contribution in [3.8, 4) is 0 Å². The van der Waals surface area contributed by atoms with Crippen LogP contribution < -0.4 is 5.48 Å². The molecule has 4 nitrogen and oxygen atoms in total. The van der Waals surface area contributed by atoms with E-state index in [-0.39, 0.29) is 6.42 Å². The van der Waals surface area contributed by atoms with Gasteiger partial charge in [0, 0.05) is 0 Å². The van der Waals surface area contributed by atoms with Gasteiger partial charge in [0.15, 0.2) is 0 Å². The smallest absolute Gasteiger partial charge is 0.274 e. The van der Waals surface area contributed by atoms with Crippen LogP contribution in [-0.4, -0.2) is 21.8 Å². The molecule has 1 amide bonds. The molecule has 0 saturated heterocycles. The minimum Gasteiger partial charge on any atom is -0.380 e. The van der Waals surface area contributed by atoms with Crippen molar-refractivity contribution in [3.63, 3.8) is 0 Å². The molecule has 0 saturated carbocycles. The summed E-state index contributed by atoms with van der Waals surface area (Å²) in [6.45, 7) is 2.98. The topological polar surface area (TPSA) is 69.6 Å². The lowest BCUT2D eigenvalue weighted by Crippen LogP contribution is -2.42. The summed E-state index contributed by atoms with van der Waals surface area (Å²) in [5.41, 5.74) is -0.0824. The first kappa shape index (κ1) is 8.39. The minimum atomic E-state index is -1.45. The number of amides is 1. The van der Waals surface area contributed by atoms with Crippen LogP contribution in [0.3, 0.4) is 0 Å². The van der Waals surface area contributed by atoms with Crippen LogP contribution in [0.1, 0.15) is 20.3 Å². The first-order chi connectivity index (χ1) is 4.04. The second-order valence-corrected chi connectivity index (χ2v) is 2.07. The van der Waals surface area contributed by atoms with Crippen molar-refractivity contribution in [2.45, 2.75) is 25.9 Å². The van der Waals surface area contributed by atoms with Crippen LogP contribution in [0.15, 0.2) is 0 Å². The van der Waals surface area contributed by atoms with Crippen LogP contribution in [-0.2, 0) is 4.79 Å². The van der Waals surface area contributed by atoms with Crippen LogP contribution in [0.5, 0.6) is 0 Å². The molecule has 1 atom stereocenters. The zero-order chi connectivity index (χ0) is 7.49. The Morgan fingerprint density at radius 3 is 2.33 bits per heavy atom. The minimum absolute atomic E-state index is 0.277. The molecule has 9 heavy (non-hydrogen) atoms. The molecule has 4 heteroatoms. The van der Waals surface area contributed by atoms with Gasteiger partial charge in [0.2, 0.25) is 0 Å². The first-order valence-corrected chi connectivity index (χ1v) is 2.71. The van der Waals surface area contributed by atoms with Gasteiger partial charge in [-0.2, -0.15) is 0 Å². The van der Waals surface area contributed by atoms with Gasteiger partial charge >= 0.3 is 0 Å². The molecule has 0 heterocycles. The number of carbonyl (C=O) groups is 1. The van der Waals surface area contributed by atoms with Crippen LogP contribution in [0.4, 0.5) is 0 Å². The molecule has 54 valence electrons. The Morgan fingerprint density at radius 2 is 2.22 bits per heavy atom. The van der Waals surface area contributed by atoms with E-state index in [0.717, 1.165) is 0 Å². The standard InChI is InChI=1S/C5H11NO3/c1-3-5(2,8)4(7)6-9/h8-9H,3H2,1-2H3,(H,6,7). The summed E-state index contributed by atoms with van der Waals surface area (Å²) >= 11 is 0. The Bertz CT molecular complexity index is 111. The number of carbonyl (C=O) groups excluding carboxylic acids is 1. The van der Waals surface area contributed by atoms with Crippen molar-refractivity contribution in [2.75, 3.05) is 0 Å². The number of hydroxylamine groups is 1. The Balaban J connectivity index is 3.97. The molecule has 0 aliphatic heterocycles. The summed E-state index contributed by atoms with van der Waals surface area (Å²) in [7, 11) is 0. The predicted molar refractivity (Wildman–Crippen MR) is 30.8 cm³/mol. The first-order valence-electron chi connectivity index (χ1n) is 2.71. The zero-order valence-corrected chi connectivity index (χ0v) is 5.51. The Labute approximate surface area is 53.5 Å². The number of nitrogens with one attached hydrogen (secondary N) is 1. The molecular formula is C5H11NO3. The lowest BCUT2D eigenvalue weighted by molar-refractivity contribution is -0.147. The number of hydrogen-bond donors (Lipinski definition) is 3. The number of aliphatic hydroxyl groups is 1. The lowest BCUT2D eigenvalue weighted by atomic mass is 10.0. The summed E-state index contributed by atoms with van der Waals surface area (Å²) in [6, 6.07) is 0. The second kappa shape index (κ2) is 2.80. The van der Waals surface area contributed by atoms with E-state index in [1.54, 1.807) is 6.92 Å². The average Bonchev–Trinajstić information content (AvgIpc) is 1.86. The second-order valence-electron chi connectivity index (χ2n) is 2.07. The Hall–Kier alpha value is -0.610. The third-order valence-corrected chi connectivity index (χ3v) is 1.28. The van der Waals surface area contributed by atoms with Gasteiger partial charge in [-0.05, 0) is 13.3 Å². The van der Waals surface area contributed by atoms with Crippen molar-refractivity contribution in [1.82, 2.24) is 5.48 Å². The van der Waals surface area contributed by atoms with E-state index in [2.05, 4.69) is 0 Å². The van der Waals surface area contributed by atoms with E-state index in [0.29, 0.717) is 0 Å². The highest BCUT2D eigenvalue weighted by molar-refractivity contribution is 5.83. The van der Waals surface area contributed by atoms with E-state index >= 15 is 0 Å². The van der Waals surface area contributed by atoms with Gasteiger partial charge in [-0.25, -0.2) is 5.48 Å². The van der Waals surface area contributed by atoms with Crippen LogP contribution in [0.2, 0.25) is 0 Å². The van der Waals surface area contributed by atoms with Gasteiger partial charge in [-0.1, -0.05) is 6.92 Å². The van der Waals surface area contributed by atoms with Gasteiger partial charge in [0.05, 0.1) is 0 Å². The van der Waals surface area contributed by atoms with Crippen LogP contribution >= 0.6 is 0 Å². The quantitative estimate of drug-likeness (QED) is 0.356. The van der Waals surface area contributed by atoms with Gasteiger partial charge in [0.1, 0.15) is 5.60 Å².